The van der Waals surface area contributed by atoms with Gasteiger partial charge in [-0.3, -0.25) is 4.79 Å². The monoisotopic (exact) mass is 346 g/mol. The molecule has 0 bridgehead atoms. The Kier molecular flexibility index (Phi) is 6.07. The van der Waals surface area contributed by atoms with Gasteiger partial charge in [-0.1, -0.05) is 11.8 Å². The minimum atomic E-state index is -0.420. The summed E-state index contributed by atoms with van der Waals surface area (Å²) in [6, 6.07) is 1.58. The van der Waals surface area contributed by atoms with E-state index in [0.717, 1.165) is 0 Å². The van der Waals surface area contributed by atoms with Gasteiger partial charge in [-0.05, 0) is 10.8 Å². The number of aromatic nitrogens is 2. The molecular weight excluding hydrogens is 332 g/mol. The SMILES string of the molecule is COC(=O)C(Sc1nc(OC)cc(OC)n1)C1SC=CS1. The molecule has 0 radical (unpaired) electrons. The zero-order valence-electron chi connectivity index (χ0n) is 11.6. The summed E-state index contributed by atoms with van der Waals surface area (Å²) in [5.41, 5.74) is 0. The molecule has 0 fully saturated rings. The van der Waals surface area contributed by atoms with Gasteiger partial charge in [0.25, 0.3) is 0 Å². The van der Waals surface area contributed by atoms with Gasteiger partial charge in [0.15, 0.2) is 5.16 Å². The van der Waals surface area contributed by atoms with Crippen molar-refractivity contribution in [1.29, 1.82) is 0 Å². The fourth-order valence-corrected chi connectivity index (χ4v) is 4.99. The van der Waals surface area contributed by atoms with E-state index >= 15 is 0 Å². The number of hydrogen-bond acceptors (Lipinski definition) is 9. The number of nitrogens with zero attached hydrogens (tertiary/aromatic N) is 2. The molecule has 1 atom stereocenters. The molecular formula is C12H14N2O4S3. The molecule has 0 amide bonds. The summed E-state index contributed by atoms with van der Waals surface area (Å²) in [5.74, 6) is 0.467. The molecule has 1 aliphatic rings. The third-order valence-corrected chi connectivity index (χ3v) is 6.43. The maximum absolute atomic E-state index is 12.0. The van der Waals surface area contributed by atoms with E-state index < -0.39 is 5.25 Å². The number of thioether (sulfide) groups is 3. The van der Waals surface area contributed by atoms with Crippen LogP contribution in [0.5, 0.6) is 11.8 Å². The third kappa shape index (κ3) is 4.21. The van der Waals surface area contributed by atoms with Crippen molar-refractivity contribution < 1.29 is 19.0 Å². The van der Waals surface area contributed by atoms with Crippen LogP contribution in [0, 0.1) is 0 Å². The molecule has 2 rings (SSSR count). The largest absolute Gasteiger partial charge is 0.481 e. The zero-order chi connectivity index (χ0) is 15.2. The number of carbonyl (C=O) groups is 1. The van der Waals surface area contributed by atoms with Crippen LogP contribution in [0.3, 0.4) is 0 Å². The summed E-state index contributed by atoms with van der Waals surface area (Å²) < 4.78 is 15.1. The van der Waals surface area contributed by atoms with Crippen LogP contribution in [0.4, 0.5) is 0 Å². The molecule has 0 aliphatic carbocycles. The number of rotatable bonds is 6. The van der Waals surface area contributed by atoms with E-state index in [0.29, 0.717) is 16.9 Å². The van der Waals surface area contributed by atoms with Crippen molar-refractivity contribution in [2.75, 3.05) is 21.3 Å². The van der Waals surface area contributed by atoms with Gasteiger partial charge in [-0.25, -0.2) is 0 Å². The van der Waals surface area contributed by atoms with Gasteiger partial charge in [0.05, 0.1) is 32.0 Å². The molecule has 1 aromatic rings. The lowest BCUT2D eigenvalue weighted by atomic mass is 10.5. The summed E-state index contributed by atoms with van der Waals surface area (Å²) in [4.78, 5) is 20.5. The Morgan fingerprint density at radius 2 is 1.76 bits per heavy atom. The van der Waals surface area contributed by atoms with E-state index in [9.17, 15) is 4.79 Å². The molecule has 9 heteroatoms. The average molecular weight is 346 g/mol. The summed E-state index contributed by atoms with van der Waals surface area (Å²) in [7, 11) is 4.40. The van der Waals surface area contributed by atoms with Crippen LogP contribution < -0.4 is 9.47 Å². The van der Waals surface area contributed by atoms with Crippen LogP contribution in [0.2, 0.25) is 0 Å². The standard InChI is InChI=1S/C12H14N2O4S3/c1-16-7-6-8(17-2)14-12(13-7)21-9(10(15)18-3)11-19-4-5-20-11/h4-6,9,11H,1-3H3. The van der Waals surface area contributed by atoms with Crippen molar-refractivity contribution in [1.82, 2.24) is 9.97 Å². The smallest absolute Gasteiger partial charge is 0.321 e. The first kappa shape index (κ1) is 16.3. The third-order valence-electron chi connectivity index (χ3n) is 2.47. The van der Waals surface area contributed by atoms with Crippen molar-refractivity contribution in [2.45, 2.75) is 15.0 Å². The number of esters is 1. The van der Waals surface area contributed by atoms with Gasteiger partial charge in [0.1, 0.15) is 5.25 Å². The predicted octanol–water partition coefficient (Wildman–Crippen LogP) is 2.40. The highest BCUT2D eigenvalue weighted by molar-refractivity contribution is 8.23. The van der Waals surface area contributed by atoms with Gasteiger partial charge in [-0.2, -0.15) is 9.97 Å². The second-order valence-corrected chi connectivity index (χ2v) is 7.22. The predicted molar refractivity (Wildman–Crippen MR) is 84.9 cm³/mol. The Labute approximate surface area is 135 Å². The number of hydrogen-bond donors (Lipinski definition) is 0. The Bertz CT molecular complexity index is 511. The number of methoxy groups -OCH3 is 3. The molecule has 1 unspecified atom stereocenters. The summed E-state index contributed by atoms with van der Waals surface area (Å²) in [5, 5.41) is 3.91. The summed E-state index contributed by atoms with van der Waals surface area (Å²) in [6.07, 6.45) is 0. The Morgan fingerprint density at radius 1 is 1.19 bits per heavy atom. The van der Waals surface area contributed by atoms with Crippen LogP contribution in [0.25, 0.3) is 0 Å². The van der Waals surface area contributed by atoms with Crippen LogP contribution in [0.1, 0.15) is 0 Å². The average Bonchev–Trinajstić information content (AvgIpc) is 3.05. The van der Waals surface area contributed by atoms with Gasteiger partial charge < -0.3 is 14.2 Å². The Morgan fingerprint density at radius 3 is 2.24 bits per heavy atom. The topological polar surface area (TPSA) is 70.5 Å². The van der Waals surface area contributed by atoms with Crippen molar-refractivity contribution in [3.05, 3.63) is 16.9 Å². The van der Waals surface area contributed by atoms with Crippen molar-refractivity contribution >= 4 is 41.3 Å². The molecule has 114 valence electrons. The minimum Gasteiger partial charge on any atom is -0.481 e. The van der Waals surface area contributed by atoms with E-state index in [4.69, 9.17) is 14.2 Å². The second kappa shape index (κ2) is 7.81. The Hall–Kier alpha value is -1.06. The fraction of sp³-hybridized carbons (Fsp3) is 0.417. The van der Waals surface area contributed by atoms with E-state index in [2.05, 4.69) is 9.97 Å². The second-order valence-electron chi connectivity index (χ2n) is 3.71. The van der Waals surface area contributed by atoms with E-state index in [-0.39, 0.29) is 10.6 Å². The lowest BCUT2D eigenvalue weighted by Gasteiger charge is -2.18. The molecule has 1 aliphatic heterocycles. The van der Waals surface area contributed by atoms with E-state index in [1.807, 2.05) is 10.8 Å². The quantitative estimate of drug-likeness (QED) is 0.438. The molecule has 6 nitrogen and oxygen atoms in total. The first-order chi connectivity index (χ1) is 10.2. The highest BCUT2D eigenvalue weighted by atomic mass is 32.2. The lowest BCUT2D eigenvalue weighted by molar-refractivity contribution is -0.139. The molecule has 0 aromatic carbocycles. The van der Waals surface area contributed by atoms with Crippen molar-refractivity contribution in [3.8, 4) is 11.8 Å². The zero-order valence-corrected chi connectivity index (χ0v) is 14.1. The maximum Gasteiger partial charge on any atom is 0.321 e. The summed E-state index contributed by atoms with van der Waals surface area (Å²) in [6.45, 7) is 0. The van der Waals surface area contributed by atoms with E-state index in [1.165, 1.54) is 33.1 Å². The fourth-order valence-electron chi connectivity index (χ4n) is 1.48. The highest BCUT2D eigenvalue weighted by Gasteiger charge is 2.33. The van der Waals surface area contributed by atoms with Crippen molar-refractivity contribution in [3.63, 3.8) is 0 Å². The molecule has 0 saturated heterocycles. The van der Waals surface area contributed by atoms with Crippen molar-refractivity contribution in [2.24, 2.45) is 0 Å². The maximum atomic E-state index is 12.0. The van der Waals surface area contributed by atoms with Crippen LogP contribution in [-0.4, -0.2) is 47.1 Å². The lowest BCUT2D eigenvalue weighted by Crippen LogP contribution is -2.27. The van der Waals surface area contributed by atoms with Gasteiger partial charge in [-0.15, -0.1) is 23.5 Å². The van der Waals surface area contributed by atoms with Gasteiger partial charge in [0, 0.05) is 0 Å². The molecule has 0 spiro atoms. The summed E-state index contributed by atoms with van der Waals surface area (Å²) >= 11 is 4.39. The number of carbonyl (C=O) groups excluding carboxylic acids is 1. The molecule has 0 saturated carbocycles. The van der Waals surface area contributed by atoms with E-state index in [1.54, 1.807) is 29.6 Å². The first-order valence-electron chi connectivity index (χ1n) is 5.85. The molecule has 1 aromatic heterocycles. The molecule has 0 N–H and O–H groups in total. The van der Waals surface area contributed by atoms with Crippen LogP contribution in [0.15, 0.2) is 22.0 Å². The first-order valence-corrected chi connectivity index (χ1v) is 8.62. The van der Waals surface area contributed by atoms with Crippen LogP contribution in [-0.2, 0) is 9.53 Å². The molecule has 2 heterocycles. The number of ether oxygens (including phenoxy) is 3. The molecule has 21 heavy (non-hydrogen) atoms. The van der Waals surface area contributed by atoms with Gasteiger partial charge in [0.2, 0.25) is 11.8 Å². The normalized spacial score (nSPS) is 15.8. The van der Waals surface area contributed by atoms with Crippen LogP contribution >= 0.6 is 35.3 Å². The van der Waals surface area contributed by atoms with Gasteiger partial charge >= 0.3 is 5.97 Å². The minimum absolute atomic E-state index is 0.0308. The Balaban J connectivity index is 2.21. The highest BCUT2D eigenvalue weighted by Crippen LogP contribution is 2.42.